The number of methoxy groups -OCH3 is 2. The lowest BCUT2D eigenvalue weighted by Crippen LogP contribution is -2.32. The second-order valence-electron chi connectivity index (χ2n) is 8.49. The van der Waals surface area contributed by atoms with Crippen molar-refractivity contribution in [1.82, 2.24) is 5.43 Å². The Kier molecular flexibility index (Phi) is 9.15. The van der Waals surface area contributed by atoms with Crippen LogP contribution < -0.4 is 20.2 Å². The molecule has 0 radical (unpaired) electrons. The molecule has 204 valence electrons. The predicted molar refractivity (Wildman–Crippen MR) is 145 cm³/mol. The van der Waals surface area contributed by atoms with Crippen LogP contribution in [-0.2, 0) is 33.8 Å². The van der Waals surface area contributed by atoms with Crippen molar-refractivity contribution in [3.8, 4) is 11.5 Å². The number of thiophene rings is 1. The highest BCUT2D eigenvalue weighted by atomic mass is 35.5. The van der Waals surface area contributed by atoms with Gasteiger partial charge in [-0.05, 0) is 67.1 Å². The Bertz CT molecular complexity index is 1440. The molecular formula is C27H25ClFN3O6S. The van der Waals surface area contributed by atoms with Gasteiger partial charge in [0.25, 0.3) is 0 Å². The van der Waals surface area contributed by atoms with Crippen molar-refractivity contribution in [2.45, 2.75) is 32.3 Å². The number of anilines is 1. The van der Waals surface area contributed by atoms with E-state index in [0.29, 0.717) is 33.2 Å². The normalized spacial score (nSPS) is 12.5. The lowest BCUT2D eigenvalue weighted by Gasteiger charge is -2.12. The fourth-order valence-corrected chi connectivity index (χ4v) is 5.52. The van der Waals surface area contributed by atoms with Gasteiger partial charge in [0.05, 0.1) is 31.0 Å². The number of ether oxygens (including phenoxy) is 3. The van der Waals surface area contributed by atoms with E-state index >= 15 is 0 Å². The molecule has 1 aliphatic rings. The Hall–Kier alpha value is -3.96. The second-order valence-corrected chi connectivity index (χ2v) is 10.0. The van der Waals surface area contributed by atoms with Crippen molar-refractivity contribution in [2.75, 3.05) is 19.5 Å². The zero-order valence-electron chi connectivity index (χ0n) is 21.1. The quantitative estimate of drug-likeness (QED) is 0.172. The molecule has 3 aromatic rings. The molecule has 2 aromatic carbocycles. The van der Waals surface area contributed by atoms with Gasteiger partial charge in [0.15, 0.2) is 11.5 Å². The van der Waals surface area contributed by atoms with E-state index in [0.717, 1.165) is 36.1 Å². The summed E-state index contributed by atoms with van der Waals surface area (Å²) < 4.78 is 29.3. The summed E-state index contributed by atoms with van der Waals surface area (Å²) >= 11 is 7.33. The molecule has 0 saturated heterocycles. The summed E-state index contributed by atoms with van der Waals surface area (Å²) in [7, 11) is 2.74. The molecule has 0 fully saturated rings. The van der Waals surface area contributed by atoms with Gasteiger partial charge in [0.2, 0.25) is 0 Å². The highest BCUT2D eigenvalue weighted by Gasteiger charge is 2.28. The lowest BCUT2D eigenvalue weighted by molar-refractivity contribution is -0.136. The third-order valence-corrected chi connectivity index (χ3v) is 7.52. The van der Waals surface area contributed by atoms with Gasteiger partial charge < -0.3 is 19.5 Å². The Balaban J connectivity index is 1.37. The van der Waals surface area contributed by atoms with Crippen molar-refractivity contribution in [3.63, 3.8) is 0 Å². The average Bonchev–Trinajstić information content (AvgIpc) is 3.30. The molecule has 1 aliphatic carbocycles. The minimum absolute atomic E-state index is 0.0962. The summed E-state index contributed by atoms with van der Waals surface area (Å²) in [5.74, 6) is -2.15. The third-order valence-electron chi connectivity index (χ3n) is 5.96. The number of nitrogens with zero attached hydrogens (tertiary/aromatic N) is 1. The molecule has 0 aliphatic heterocycles. The smallest absolute Gasteiger partial charge is 0.341 e. The number of hydrogen-bond donors (Lipinski definition) is 2. The number of aryl methyl sites for hydroxylation is 1. The van der Waals surface area contributed by atoms with Crippen molar-refractivity contribution in [2.24, 2.45) is 5.10 Å². The lowest BCUT2D eigenvalue weighted by atomic mass is 9.95. The zero-order chi connectivity index (χ0) is 27.9. The number of hydrazone groups is 1. The average molecular weight is 574 g/mol. The fourth-order valence-electron chi connectivity index (χ4n) is 4.03. The standard InChI is InChI=1S/C27H25ClFN3O6S/c1-36-21-11-15(7-10-20(21)38-14-16-8-9-17(29)12-19(16)28)13-30-32-25(34)24(33)31-26-23(27(35)37-2)18-5-3-4-6-22(18)39-26/h7-13H,3-6,14H2,1-2H3,(H,31,33)(H,32,34). The first-order valence-corrected chi connectivity index (χ1v) is 13.1. The van der Waals surface area contributed by atoms with Crippen LogP contribution in [0.25, 0.3) is 0 Å². The number of hydrogen-bond acceptors (Lipinski definition) is 8. The van der Waals surface area contributed by atoms with Gasteiger partial charge in [-0.1, -0.05) is 17.7 Å². The summed E-state index contributed by atoms with van der Waals surface area (Å²) in [6, 6.07) is 8.96. The number of fused-ring (bicyclic) bond motifs is 1. The molecule has 0 bridgehead atoms. The van der Waals surface area contributed by atoms with Crippen LogP contribution in [0.15, 0.2) is 41.5 Å². The minimum atomic E-state index is -1.00. The molecule has 0 atom stereocenters. The maximum absolute atomic E-state index is 13.2. The highest BCUT2D eigenvalue weighted by molar-refractivity contribution is 7.17. The van der Waals surface area contributed by atoms with Gasteiger partial charge in [-0.2, -0.15) is 5.10 Å². The maximum atomic E-state index is 13.2. The van der Waals surface area contributed by atoms with E-state index in [1.165, 1.54) is 50.0 Å². The largest absolute Gasteiger partial charge is 0.493 e. The zero-order valence-corrected chi connectivity index (χ0v) is 22.7. The van der Waals surface area contributed by atoms with Gasteiger partial charge >= 0.3 is 17.8 Å². The topological polar surface area (TPSA) is 115 Å². The summed E-state index contributed by atoms with van der Waals surface area (Å²) in [5.41, 5.74) is 4.51. The molecule has 2 N–H and O–H groups in total. The first-order chi connectivity index (χ1) is 18.8. The minimum Gasteiger partial charge on any atom is -0.493 e. The number of nitrogens with one attached hydrogen (secondary N) is 2. The number of carbonyl (C=O) groups is 3. The van der Waals surface area contributed by atoms with Crippen LogP contribution in [0, 0.1) is 5.82 Å². The molecule has 1 aromatic heterocycles. The van der Waals surface area contributed by atoms with Crippen molar-refractivity contribution in [1.29, 1.82) is 0 Å². The number of amides is 2. The SMILES string of the molecule is COC(=O)c1c(NC(=O)C(=O)NN=Cc2ccc(OCc3ccc(F)cc3Cl)c(OC)c2)sc2c1CCCC2. The van der Waals surface area contributed by atoms with E-state index < -0.39 is 23.6 Å². The summed E-state index contributed by atoms with van der Waals surface area (Å²) in [4.78, 5) is 38.2. The Morgan fingerprint density at radius 3 is 2.62 bits per heavy atom. The molecule has 9 nitrogen and oxygen atoms in total. The van der Waals surface area contributed by atoms with E-state index in [9.17, 15) is 18.8 Å². The molecule has 4 rings (SSSR count). The first-order valence-electron chi connectivity index (χ1n) is 11.9. The maximum Gasteiger partial charge on any atom is 0.341 e. The van der Waals surface area contributed by atoms with Crippen molar-refractivity contribution in [3.05, 3.63) is 74.4 Å². The molecule has 0 unspecified atom stereocenters. The molecule has 12 heteroatoms. The molecule has 0 saturated carbocycles. The van der Waals surface area contributed by atoms with Crippen LogP contribution in [0.1, 0.15) is 44.8 Å². The van der Waals surface area contributed by atoms with Crippen LogP contribution in [0.5, 0.6) is 11.5 Å². The van der Waals surface area contributed by atoms with E-state index in [1.807, 2.05) is 0 Å². The second kappa shape index (κ2) is 12.7. The van der Waals surface area contributed by atoms with Crippen LogP contribution in [0.2, 0.25) is 5.02 Å². The van der Waals surface area contributed by atoms with E-state index in [2.05, 4.69) is 15.8 Å². The van der Waals surface area contributed by atoms with Gasteiger partial charge in [-0.3, -0.25) is 9.59 Å². The van der Waals surface area contributed by atoms with Crippen LogP contribution in [-0.4, -0.2) is 38.2 Å². The molecular weight excluding hydrogens is 549 g/mol. The third kappa shape index (κ3) is 6.73. The Morgan fingerprint density at radius 2 is 1.87 bits per heavy atom. The summed E-state index contributed by atoms with van der Waals surface area (Å²) in [6.45, 7) is 0.0962. The summed E-state index contributed by atoms with van der Waals surface area (Å²) in [6.07, 6.45) is 4.80. The van der Waals surface area contributed by atoms with E-state index in [-0.39, 0.29) is 11.6 Å². The predicted octanol–water partition coefficient (Wildman–Crippen LogP) is 4.88. The summed E-state index contributed by atoms with van der Waals surface area (Å²) in [5, 5.41) is 6.90. The van der Waals surface area contributed by atoms with Crippen molar-refractivity contribution >= 4 is 51.9 Å². The number of halogens is 2. The van der Waals surface area contributed by atoms with Crippen LogP contribution >= 0.6 is 22.9 Å². The molecule has 2 amide bonds. The van der Waals surface area contributed by atoms with Crippen LogP contribution in [0.4, 0.5) is 9.39 Å². The number of esters is 1. The van der Waals surface area contributed by atoms with Crippen LogP contribution in [0.3, 0.4) is 0 Å². The van der Waals surface area contributed by atoms with E-state index in [4.69, 9.17) is 25.8 Å². The highest BCUT2D eigenvalue weighted by Crippen LogP contribution is 2.38. The van der Waals surface area contributed by atoms with Gasteiger partial charge in [-0.15, -0.1) is 11.3 Å². The first kappa shape index (κ1) is 28.1. The van der Waals surface area contributed by atoms with Gasteiger partial charge in [0, 0.05) is 10.4 Å². The molecule has 1 heterocycles. The van der Waals surface area contributed by atoms with Gasteiger partial charge in [0.1, 0.15) is 17.4 Å². The van der Waals surface area contributed by atoms with Crippen molar-refractivity contribution < 1.29 is 33.0 Å². The molecule has 39 heavy (non-hydrogen) atoms. The monoisotopic (exact) mass is 573 g/mol. The number of carbonyl (C=O) groups excluding carboxylic acids is 3. The number of benzene rings is 2. The number of rotatable bonds is 8. The Morgan fingerprint density at radius 1 is 1.08 bits per heavy atom. The Labute approximate surface area is 232 Å². The van der Waals surface area contributed by atoms with E-state index in [1.54, 1.807) is 18.2 Å². The van der Waals surface area contributed by atoms with Gasteiger partial charge in [-0.25, -0.2) is 14.6 Å². The molecule has 0 spiro atoms. The fraction of sp³-hybridized carbons (Fsp3) is 0.259.